The minimum absolute atomic E-state index is 0.107. The number of anilines is 1. The van der Waals surface area contributed by atoms with Crippen molar-refractivity contribution in [3.63, 3.8) is 0 Å². The van der Waals surface area contributed by atoms with Gasteiger partial charge in [0.1, 0.15) is 5.82 Å². The third kappa shape index (κ3) is 3.93. The Morgan fingerprint density at radius 2 is 2.05 bits per heavy atom. The van der Waals surface area contributed by atoms with Crippen molar-refractivity contribution in [3.05, 3.63) is 50.4 Å². The maximum absolute atomic E-state index is 12.3. The molecule has 0 bridgehead atoms. The zero-order chi connectivity index (χ0) is 15.6. The lowest BCUT2D eigenvalue weighted by molar-refractivity contribution is 0.102. The van der Waals surface area contributed by atoms with Crippen LogP contribution < -0.4 is 5.32 Å². The molecule has 0 unspecified atom stereocenters. The van der Waals surface area contributed by atoms with Crippen molar-refractivity contribution < 1.29 is 4.79 Å². The zero-order valence-electron chi connectivity index (χ0n) is 11.3. The van der Waals surface area contributed by atoms with Gasteiger partial charge in [0, 0.05) is 15.4 Å². The van der Waals surface area contributed by atoms with Gasteiger partial charge in [-0.05, 0) is 34.1 Å². The Bertz CT molecular complexity index is 692. The van der Waals surface area contributed by atoms with Crippen molar-refractivity contribution in [3.8, 4) is 0 Å². The molecule has 0 saturated heterocycles. The molecule has 0 aliphatic carbocycles. The van der Waals surface area contributed by atoms with Crippen molar-refractivity contribution >= 4 is 50.7 Å². The van der Waals surface area contributed by atoms with E-state index in [0.29, 0.717) is 21.0 Å². The zero-order valence-corrected chi connectivity index (χ0v) is 14.4. The van der Waals surface area contributed by atoms with Gasteiger partial charge >= 0.3 is 0 Å². The molecule has 0 spiro atoms. The molecule has 0 aliphatic rings. The monoisotopic (exact) mass is 387 g/mol. The fourth-order valence-electron chi connectivity index (χ4n) is 1.59. The van der Waals surface area contributed by atoms with E-state index in [1.807, 2.05) is 13.8 Å². The van der Waals surface area contributed by atoms with E-state index in [1.54, 1.807) is 18.2 Å². The average Bonchev–Trinajstić information content (AvgIpc) is 2.42. The molecule has 1 heterocycles. The standard InChI is InChI=1S/C14H12BrCl2N3O/c1-7(2)13-18-6-10(17)12(20-13)14(21)19-11-4-3-8(16)5-9(11)15/h3-7H,1-2H3,(H,19,21). The second-order valence-electron chi connectivity index (χ2n) is 4.66. The van der Waals surface area contributed by atoms with Crippen LogP contribution in [0.15, 0.2) is 28.9 Å². The molecule has 110 valence electrons. The van der Waals surface area contributed by atoms with Gasteiger partial charge in [0.2, 0.25) is 0 Å². The molecule has 0 atom stereocenters. The first-order valence-electron chi connectivity index (χ1n) is 6.17. The second-order valence-corrected chi connectivity index (χ2v) is 6.36. The Balaban J connectivity index is 2.30. The molecule has 1 amide bonds. The minimum Gasteiger partial charge on any atom is -0.320 e. The highest BCUT2D eigenvalue weighted by atomic mass is 79.9. The maximum Gasteiger partial charge on any atom is 0.275 e. The first-order chi connectivity index (χ1) is 9.88. The van der Waals surface area contributed by atoms with Crippen molar-refractivity contribution in [1.82, 2.24) is 9.97 Å². The number of halogens is 3. The molecule has 0 aliphatic heterocycles. The van der Waals surface area contributed by atoms with Crippen molar-refractivity contribution in [2.75, 3.05) is 5.32 Å². The van der Waals surface area contributed by atoms with E-state index >= 15 is 0 Å². The number of nitrogens with zero attached hydrogens (tertiary/aromatic N) is 2. The summed E-state index contributed by atoms with van der Waals surface area (Å²) in [5.74, 6) is 0.281. The molecule has 21 heavy (non-hydrogen) atoms. The van der Waals surface area contributed by atoms with Gasteiger partial charge in [0.25, 0.3) is 5.91 Å². The largest absolute Gasteiger partial charge is 0.320 e. The number of amides is 1. The van der Waals surface area contributed by atoms with Gasteiger partial charge in [-0.3, -0.25) is 4.79 Å². The van der Waals surface area contributed by atoms with Crippen LogP contribution in [-0.2, 0) is 0 Å². The molecule has 0 radical (unpaired) electrons. The van der Waals surface area contributed by atoms with Crippen molar-refractivity contribution in [1.29, 1.82) is 0 Å². The summed E-state index contributed by atoms with van der Waals surface area (Å²) in [7, 11) is 0. The summed E-state index contributed by atoms with van der Waals surface area (Å²) >= 11 is 15.2. The summed E-state index contributed by atoms with van der Waals surface area (Å²) in [6.07, 6.45) is 1.44. The van der Waals surface area contributed by atoms with Crippen LogP contribution >= 0.6 is 39.1 Å². The molecule has 1 N–H and O–H groups in total. The van der Waals surface area contributed by atoms with Gasteiger partial charge in [-0.1, -0.05) is 37.0 Å². The average molecular weight is 389 g/mol. The number of hydrogen-bond donors (Lipinski definition) is 1. The normalized spacial score (nSPS) is 10.8. The van der Waals surface area contributed by atoms with Crippen LogP contribution in [0.1, 0.15) is 36.1 Å². The summed E-state index contributed by atoms with van der Waals surface area (Å²) in [6.45, 7) is 3.89. The number of hydrogen-bond acceptors (Lipinski definition) is 3. The molecular weight excluding hydrogens is 377 g/mol. The Morgan fingerprint density at radius 1 is 1.33 bits per heavy atom. The molecule has 4 nitrogen and oxygen atoms in total. The van der Waals surface area contributed by atoms with Crippen LogP contribution in [0, 0.1) is 0 Å². The third-order valence-electron chi connectivity index (χ3n) is 2.67. The van der Waals surface area contributed by atoms with Crippen LogP contribution in [0.3, 0.4) is 0 Å². The van der Waals surface area contributed by atoms with Crippen molar-refractivity contribution in [2.24, 2.45) is 0 Å². The minimum atomic E-state index is -0.396. The Morgan fingerprint density at radius 3 is 2.67 bits per heavy atom. The number of carbonyl (C=O) groups is 1. The first-order valence-corrected chi connectivity index (χ1v) is 7.72. The fourth-order valence-corrected chi connectivity index (χ4v) is 2.55. The third-order valence-corrected chi connectivity index (χ3v) is 3.84. The molecule has 2 rings (SSSR count). The van der Waals surface area contributed by atoms with E-state index in [9.17, 15) is 4.79 Å². The van der Waals surface area contributed by atoms with E-state index < -0.39 is 5.91 Å². The summed E-state index contributed by atoms with van der Waals surface area (Å²) in [5, 5.41) is 3.52. The lowest BCUT2D eigenvalue weighted by Gasteiger charge is -2.10. The quantitative estimate of drug-likeness (QED) is 0.811. The van der Waals surface area contributed by atoms with Crippen LogP contribution in [-0.4, -0.2) is 15.9 Å². The molecule has 0 saturated carbocycles. The number of benzene rings is 1. The van der Waals surface area contributed by atoms with Gasteiger partial charge in [0.15, 0.2) is 5.69 Å². The summed E-state index contributed by atoms with van der Waals surface area (Å²) in [5.41, 5.74) is 0.738. The highest BCUT2D eigenvalue weighted by Gasteiger charge is 2.16. The van der Waals surface area contributed by atoms with Gasteiger partial charge in [-0.15, -0.1) is 0 Å². The Kier molecular flexibility index (Phi) is 5.19. The molecule has 7 heteroatoms. The van der Waals surface area contributed by atoms with Gasteiger partial charge in [-0.2, -0.15) is 0 Å². The number of rotatable bonds is 3. The lowest BCUT2D eigenvalue weighted by Crippen LogP contribution is -2.16. The van der Waals surface area contributed by atoms with E-state index in [4.69, 9.17) is 23.2 Å². The van der Waals surface area contributed by atoms with Gasteiger partial charge in [0.05, 0.1) is 16.9 Å². The van der Waals surface area contributed by atoms with Gasteiger partial charge in [-0.25, -0.2) is 9.97 Å². The Labute approximate surface area is 141 Å². The highest BCUT2D eigenvalue weighted by Crippen LogP contribution is 2.27. The number of aromatic nitrogens is 2. The van der Waals surface area contributed by atoms with Crippen molar-refractivity contribution in [2.45, 2.75) is 19.8 Å². The van der Waals surface area contributed by atoms with E-state index in [-0.39, 0.29) is 16.6 Å². The summed E-state index contributed by atoms with van der Waals surface area (Å²) in [6, 6.07) is 5.07. The maximum atomic E-state index is 12.3. The summed E-state index contributed by atoms with van der Waals surface area (Å²) < 4.78 is 0.678. The van der Waals surface area contributed by atoms with Crippen LogP contribution in [0.5, 0.6) is 0 Å². The smallest absolute Gasteiger partial charge is 0.275 e. The molecule has 0 fully saturated rings. The summed E-state index contributed by atoms with van der Waals surface area (Å²) in [4.78, 5) is 20.6. The topological polar surface area (TPSA) is 54.9 Å². The SMILES string of the molecule is CC(C)c1ncc(Cl)c(C(=O)Nc2ccc(Cl)cc2Br)n1. The van der Waals surface area contributed by atoms with Crippen LogP contribution in [0.4, 0.5) is 5.69 Å². The van der Waals surface area contributed by atoms with E-state index in [0.717, 1.165) is 0 Å². The highest BCUT2D eigenvalue weighted by molar-refractivity contribution is 9.10. The predicted molar refractivity (Wildman–Crippen MR) is 88.2 cm³/mol. The second kappa shape index (κ2) is 6.73. The van der Waals surface area contributed by atoms with Crippen LogP contribution in [0.2, 0.25) is 10.0 Å². The lowest BCUT2D eigenvalue weighted by atomic mass is 10.2. The first kappa shape index (κ1) is 16.2. The number of nitrogens with one attached hydrogen (secondary N) is 1. The molecule has 1 aromatic heterocycles. The van der Waals surface area contributed by atoms with Crippen LogP contribution in [0.25, 0.3) is 0 Å². The molecular formula is C14H12BrCl2N3O. The molecule has 1 aromatic carbocycles. The number of carbonyl (C=O) groups excluding carboxylic acids is 1. The van der Waals surface area contributed by atoms with E-state index in [2.05, 4.69) is 31.2 Å². The van der Waals surface area contributed by atoms with E-state index in [1.165, 1.54) is 6.20 Å². The molecule has 2 aromatic rings. The Hall–Kier alpha value is -1.17. The van der Waals surface area contributed by atoms with Gasteiger partial charge < -0.3 is 5.32 Å². The predicted octanol–water partition coefficient (Wildman–Crippen LogP) is 4.92. The fraction of sp³-hybridized carbons (Fsp3) is 0.214.